The van der Waals surface area contributed by atoms with Crippen LogP contribution in [0.2, 0.25) is 0 Å². The SMILES string of the molecule is CC[C@H]1C[C@@]2(C)C3=C(CCC3)CC[N+]2(C)C1. The standard InChI is InChI=1S/C15H26N/c1-4-12-10-15(2)14-7-5-6-13(14)8-9-16(15,3)11-12/h12H,4-11H2,1-3H3/q+1/t12-,15-,16?/m0/s1. The second-order valence-corrected chi connectivity index (χ2v) is 6.74. The lowest BCUT2D eigenvalue weighted by molar-refractivity contribution is -0.941. The smallest absolute Gasteiger partial charge is 0.118 e. The van der Waals surface area contributed by atoms with E-state index >= 15 is 0 Å². The molecule has 0 aromatic heterocycles. The molecule has 16 heavy (non-hydrogen) atoms. The minimum Gasteiger partial charge on any atom is -0.317 e. The first-order valence-corrected chi connectivity index (χ1v) is 7.15. The van der Waals surface area contributed by atoms with Crippen molar-refractivity contribution in [3.63, 3.8) is 0 Å². The second kappa shape index (κ2) is 3.35. The van der Waals surface area contributed by atoms with Crippen LogP contribution in [0.5, 0.6) is 0 Å². The molecule has 1 unspecified atom stereocenters. The largest absolute Gasteiger partial charge is 0.317 e. The van der Waals surface area contributed by atoms with Crippen LogP contribution < -0.4 is 0 Å². The summed E-state index contributed by atoms with van der Waals surface area (Å²) < 4.78 is 1.35. The Morgan fingerprint density at radius 3 is 2.88 bits per heavy atom. The molecule has 0 spiro atoms. The van der Waals surface area contributed by atoms with Gasteiger partial charge < -0.3 is 4.48 Å². The van der Waals surface area contributed by atoms with Crippen LogP contribution in [0.25, 0.3) is 0 Å². The van der Waals surface area contributed by atoms with Crippen molar-refractivity contribution in [1.82, 2.24) is 0 Å². The van der Waals surface area contributed by atoms with Crippen LogP contribution in [0.15, 0.2) is 11.1 Å². The van der Waals surface area contributed by atoms with Crippen LogP contribution in [-0.4, -0.2) is 30.2 Å². The molecule has 3 atom stereocenters. The quantitative estimate of drug-likeness (QED) is 0.468. The number of likely N-dealkylation sites (N-methyl/N-ethyl adjacent to an activating group) is 1. The number of hydrogen-bond acceptors (Lipinski definition) is 0. The molecule has 1 fully saturated rings. The number of hydrogen-bond donors (Lipinski definition) is 0. The highest BCUT2D eigenvalue weighted by Crippen LogP contribution is 2.52. The van der Waals surface area contributed by atoms with E-state index in [4.69, 9.17) is 0 Å². The summed E-state index contributed by atoms with van der Waals surface area (Å²) in [6, 6.07) is 0. The molecule has 2 heterocycles. The maximum atomic E-state index is 2.57. The molecule has 1 aliphatic carbocycles. The van der Waals surface area contributed by atoms with Gasteiger partial charge in [0.2, 0.25) is 0 Å². The monoisotopic (exact) mass is 220 g/mol. The molecule has 1 heteroatoms. The van der Waals surface area contributed by atoms with E-state index in [1.807, 2.05) is 11.1 Å². The van der Waals surface area contributed by atoms with E-state index in [0.29, 0.717) is 5.54 Å². The van der Waals surface area contributed by atoms with Gasteiger partial charge in [-0.15, -0.1) is 0 Å². The predicted octanol–water partition coefficient (Wildman–Crippen LogP) is 3.51. The van der Waals surface area contributed by atoms with Crippen molar-refractivity contribution < 1.29 is 4.48 Å². The molecular formula is C15H26N+. The van der Waals surface area contributed by atoms with Gasteiger partial charge in [-0.25, -0.2) is 0 Å². The molecule has 90 valence electrons. The molecule has 0 bridgehead atoms. The third kappa shape index (κ3) is 1.21. The Morgan fingerprint density at radius 1 is 1.31 bits per heavy atom. The van der Waals surface area contributed by atoms with Crippen LogP contribution in [0.3, 0.4) is 0 Å². The van der Waals surface area contributed by atoms with Crippen molar-refractivity contribution >= 4 is 0 Å². The number of quaternary nitrogens is 1. The fourth-order valence-electron chi connectivity index (χ4n) is 4.79. The lowest BCUT2D eigenvalue weighted by Crippen LogP contribution is -2.59. The summed E-state index contributed by atoms with van der Waals surface area (Å²) in [6.45, 7) is 7.79. The maximum Gasteiger partial charge on any atom is 0.118 e. The zero-order chi connectivity index (χ0) is 11.4. The van der Waals surface area contributed by atoms with Crippen molar-refractivity contribution in [1.29, 1.82) is 0 Å². The van der Waals surface area contributed by atoms with E-state index < -0.39 is 0 Å². The number of rotatable bonds is 1. The van der Waals surface area contributed by atoms with Gasteiger partial charge in [0, 0.05) is 18.8 Å². The summed E-state index contributed by atoms with van der Waals surface area (Å²) in [4.78, 5) is 0. The van der Waals surface area contributed by atoms with Crippen LogP contribution in [0.1, 0.15) is 52.4 Å². The Morgan fingerprint density at radius 2 is 2.12 bits per heavy atom. The van der Waals surface area contributed by atoms with Crippen molar-refractivity contribution in [2.75, 3.05) is 20.1 Å². The van der Waals surface area contributed by atoms with Crippen molar-refractivity contribution in [3.8, 4) is 0 Å². The zero-order valence-corrected chi connectivity index (χ0v) is 11.2. The molecule has 0 radical (unpaired) electrons. The lowest BCUT2D eigenvalue weighted by Gasteiger charge is -2.48. The average molecular weight is 220 g/mol. The Hall–Kier alpha value is -0.300. The average Bonchev–Trinajstić information content (AvgIpc) is 2.81. The van der Waals surface area contributed by atoms with Gasteiger partial charge in [-0.1, -0.05) is 12.5 Å². The molecule has 0 amide bonds. The van der Waals surface area contributed by atoms with E-state index in [-0.39, 0.29) is 0 Å². The van der Waals surface area contributed by atoms with Gasteiger partial charge in [-0.05, 0) is 38.2 Å². The first-order chi connectivity index (χ1) is 7.59. The Bertz CT molecular complexity index is 343. The van der Waals surface area contributed by atoms with Gasteiger partial charge in [0.1, 0.15) is 5.54 Å². The van der Waals surface area contributed by atoms with Gasteiger partial charge in [0.25, 0.3) is 0 Å². The summed E-state index contributed by atoms with van der Waals surface area (Å²) in [5, 5.41) is 0. The second-order valence-electron chi connectivity index (χ2n) is 6.74. The molecule has 1 saturated heterocycles. The summed E-state index contributed by atoms with van der Waals surface area (Å²) in [6.07, 6.45) is 8.51. The van der Waals surface area contributed by atoms with Crippen molar-refractivity contribution in [2.24, 2.45) is 5.92 Å². The third-order valence-corrected chi connectivity index (χ3v) is 6.01. The summed E-state index contributed by atoms with van der Waals surface area (Å²) in [5.74, 6) is 0.974. The normalized spacial score (nSPS) is 47.1. The Labute approximate surface area is 100 Å². The van der Waals surface area contributed by atoms with Gasteiger partial charge in [-0.3, -0.25) is 0 Å². The Kier molecular flexibility index (Phi) is 2.27. The fraction of sp³-hybridized carbons (Fsp3) is 0.867. The molecule has 3 aliphatic rings. The maximum absolute atomic E-state index is 2.57. The predicted molar refractivity (Wildman–Crippen MR) is 68.2 cm³/mol. The van der Waals surface area contributed by atoms with Gasteiger partial charge in [-0.2, -0.15) is 0 Å². The van der Waals surface area contributed by atoms with E-state index in [0.717, 1.165) is 5.92 Å². The molecule has 0 N–H and O–H groups in total. The minimum atomic E-state index is 0.519. The van der Waals surface area contributed by atoms with E-state index in [1.165, 1.54) is 56.1 Å². The molecule has 2 aliphatic heterocycles. The highest BCUT2D eigenvalue weighted by Gasteiger charge is 2.57. The fourth-order valence-corrected chi connectivity index (χ4v) is 4.79. The molecule has 1 nitrogen and oxygen atoms in total. The van der Waals surface area contributed by atoms with Gasteiger partial charge in [0.05, 0.1) is 20.1 Å². The minimum absolute atomic E-state index is 0.519. The molecular weight excluding hydrogens is 194 g/mol. The molecule has 0 aromatic rings. The zero-order valence-electron chi connectivity index (χ0n) is 11.2. The van der Waals surface area contributed by atoms with Crippen LogP contribution >= 0.6 is 0 Å². The number of nitrogens with zero attached hydrogens (tertiary/aromatic N) is 1. The highest BCUT2D eigenvalue weighted by atomic mass is 15.4. The first-order valence-electron chi connectivity index (χ1n) is 7.15. The van der Waals surface area contributed by atoms with Crippen LogP contribution in [0, 0.1) is 5.92 Å². The van der Waals surface area contributed by atoms with E-state index in [1.54, 1.807) is 0 Å². The van der Waals surface area contributed by atoms with Gasteiger partial charge in [0.15, 0.2) is 0 Å². The Balaban J connectivity index is 2.02. The van der Waals surface area contributed by atoms with Crippen LogP contribution in [-0.2, 0) is 0 Å². The topological polar surface area (TPSA) is 0 Å². The summed E-state index contributed by atoms with van der Waals surface area (Å²) >= 11 is 0. The molecule has 0 saturated carbocycles. The van der Waals surface area contributed by atoms with E-state index in [2.05, 4.69) is 20.9 Å². The highest BCUT2D eigenvalue weighted by molar-refractivity contribution is 5.31. The summed E-state index contributed by atoms with van der Waals surface area (Å²) in [5.41, 5.74) is 4.26. The molecule has 3 rings (SSSR count). The van der Waals surface area contributed by atoms with Crippen LogP contribution in [0.4, 0.5) is 0 Å². The molecule has 0 aromatic carbocycles. The first kappa shape index (κ1) is 10.8. The van der Waals surface area contributed by atoms with Crippen molar-refractivity contribution in [2.45, 2.75) is 57.9 Å². The number of fused-ring (bicyclic) bond motifs is 2. The van der Waals surface area contributed by atoms with Crippen molar-refractivity contribution in [3.05, 3.63) is 11.1 Å². The summed E-state index contributed by atoms with van der Waals surface area (Å²) in [7, 11) is 2.53. The van der Waals surface area contributed by atoms with E-state index in [9.17, 15) is 0 Å². The lowest BCUT2D eigenvalue weighted by atomic mass is 9.79. The third-order valence-electron chi connectivity index (χ3n) is 6.01. The van der Waals surface area contributed by atoms with Gasteiger partial charge >= 0.3 is 0 Å².